The number of hydrogen-bond acceptors (Lipinski definition) is 4. The van der Waals surface area contributed by atoms with Crippen LogP contribution in [-0.4, -0.2) is 38.1 Å². The molecule has 4 rings (SSSR count). The van der Waals surface area contributed by atoms with Gasteiger partial charge < -0.3 is 15.1 Å². The van der Waals surface area contributed by atoms with E-state index in [1.807, 2.05) is 25.1 Å². The topological polar surface area (TPSA) is 59.4 Å². The summed E-state index contributed by atoms with van der Waals surface area (Å²) in [6.07, 6.45) is -4.17. The number of carbonyl (C=O) groups excluding carboxylic acids is 1. The van der Waals surface area contributed by atoms with Crippen LogP contribution in [0.3, 0.4) is 0 Å². The molecule has 2 heterocycles. The zero-order valence-electron chi connectivity index (χ0n) is 17.1. The van der Waals surface area contributed by atoms with Crippen LogP contribution in [0.1, 0.15) is 23.6 Å². The quantitative estimate of drug-likeness (QED) is 0.812. The van der Waals surface area contributed by atoms with Crippen LogP contribution in [0.2, 0.25) is 0 Å². The molecule has 162 valence electrons. The molecule has 5 nitrogen and oxygen atoms in total. The van der Waals surface area contributed by atoms with E-state index in [9.17, 15) is 23.2 Å². The highest BCUT2D eigenvalue weighted by Crippen LogP contribution is 2.40. The molecule has 0 saturated carbocycles. The Kier molecular flexibility index (Phi) is 5.52. The van der Waals surface area contributed by atoms with Gasteiger partial charge in [0.1, 0.15) is 6.07 Å². The Bertz CT molecular complexity index is 1030. The SMILES string of the molecule is CCNC(=O)[C@H]1Cc2cc(C(F)(F)F)ccc2N2CCN(c3ccccc3C#N)C[C@@H]12. The van der Waals surface area contributed by atoms with Gasteiger partial charge in [0.15, 0.2) is 0 Å². The van der Waals surface area contributed by atoms with Gasteiger partial charge in [0.25, 0.3) is 0 Å². The molecule has 8 heteroatoms. The zero-order chi connectivity index (χ0) is 22.2. The molecule has 31 heavy (non-hydrogen) atoms. The number of fused-ring (bicyclic) bond motifs is 3. The number of piperazine rings is 1. The Balaban J connectivity index is 1.71. The maximum absolute atomic E-state index is 13.3. The second-order valence-electron chi connectivity index (χ2n) is 7.88. The number of nitriles is 1. The van der Waals surface area contributed by atoms with Crippen molar-refractivity contribution < 1.29 is 18.0 Å². The van der Waals surface area contributed by atoms with E-state index in [2.05, 4.69) is 21.2 Å². The van der Waals surface area contributed by atoms with Gasteiger partial charge in [-0.2, -0.15) is 18.4 Å². The van der Waals surface area contributed by atoms with Crippen LogP contribution in [0.4, 0.5) is 24.5 Å². The van der Waals surface area contributed by atoms with Gasteiger partial charge in [0.2, 0.25) is 5.91 Å². The van der Waals surface area contributed by atoms with Gasteiger partial charge in [-0.25, -0.2) is 0 Å². The molecular formula is C23H23F3N4O. The first-order valence-corrected chi connectivity index (χ1v) is 10.3. The number of anilines is 2. The summed E-state index contributed by atoms with van der Waals surface area (Å²) >= 11 is 0. The number of para-hydroxylation sites is 1. The Hall–Kier alpha value is -3.21. The fraction of sp³-hybridized carbons (Fsp3) is 0.391. The van der Waals surface area contributed by atoms with Gasteiger partial charge >= 0.3 is 6.18 Å². The van der Waals surface area contributed by atoms with Gasteiger partial charge in [-0.1, -0.05) is 12.1 Å². The van der Waals surface area contributed by atoms with E-state index >= 15 is 0 Å². The lowest BCUT2D eigenvalue weighted by Crippen LogP contribution is -2.61. The lowest BCUT2D eigenvalue weighted by atomic mass is 9.82. The molecular weight excluding hydrogens is 405 g/mol. The molecule has 1 N–H and O–H groups in total. The molecule has 2 aliphatic heterocycles. The second kappa shape index (κ2) is 8.14. The third-order valence-corrected chi connectivity index (χ3v) is 6.09. The number of benzene rings is 2. The number of halogens is 3. The number of alkyl halides is 3. The third kappa shape index (κ3) is 3.92. The second-order valence-corrected chi connectivity index (χ2v) is 7.88. The lowest BCUT2D eigenvalue weighted by Gasteiger charge is -2.49. The highest BCUT2D eigenvalue weighted by atomic mass is 19.4. The Morgan fingerprint density at radius 2 is 1.97 bits per heavy atom. The van der Waals surface area contributed by atoms with E-state index in [0.717, 1.165) is 17.4 Å². The predicted molar refractivity (Wildman–Crippen MR) is 112 cm³/mol. The average Bonchev–Trinajstić information content (AvgIpc) is 2.77. The highest BCUT2D eigenvalue weighted by Gasteiger charge is 2.42. The molecule has 2 aliphatic rings. The van der Waals surface area contributed by atoms with Crippen molar-refractivity contribution in [1.29, 1.82) is 5.26 Å². The van der Waals surface area contributed by atoms with E-state index in [-0.39, 0.29) is 18.4 Å². The molecule has 1 fully saturated rings. The minimum absolute atomic E-state index is 0.156. The van der Waals surface area contributed by atoms with E-state index in [1.54, 1.807) is 6.07 Å². The number of nitrogens with zero attached hydrogens (tertiary/aromatic N) is 3. The molecule has 0 unspecified atom stereocenters. The molecule has 0 radical (unpaired) electrons. The van der Waals surface area contributed by atoms with Crippen molar-refractivity contribution in [3.8, 4) is 6.07 Å². The van der Waals surface area contributed by atoms with Crippen LogP contribution in [0.15, 0.2) is 42.5 Å². The van der Waals surface area contributed by atoms with Crippen LogP contribution in [0, 0.1) is 17.2 Å². The summed E-state index contributed by atoms with van der Waals surface area (Å²) in [5.41, 5.74) is 2.00. The zero-order valence-corrected chi connectivity index (χ0v) is 17.1. The van der Waals surface area contributed by atoms with Gasteiger partial charge in [-0.05, 0) is 49.2 Å². The predicted octanol–water partition coefficient (Wildman–Crippen LogP) is 3.58. The standard InChI is InChI=1S/C23H23F3N4O/c1-2-28-22(31)18-12-16-11-17(23(24,25)26)7-8-20(16)30-10-9-29(14-21(18)30)19-6-4-3-5-15(19)13-27/h3-8,11,18,21H,2,9-10,12,14H2,1H3,(H,28,31)/t18-,21-/m0/s1. The Labute approximate surface area is 179 Å². The van der Waals surface area contributed by atoms with Crippen LogP contribution >= 0.6 is 0 Å². The van der Waals surface area contributed by atoms with Gasteiger partial charge in [0.05, 0.1) is 28.8 Å². The number of nitrogens with one attached hydrogen (secondary N) is 1. The smallest absolute Gasteiger partial charge is 0.367 e. The molecule has 1 saturated heterocycles. The summed E-state index contributed by atoms with van der Waals surface area (Å²) in [5, 5.41) is 12.3. The fourth-order valence-corrected chi connectivity index (χ4v) is 4.67. The molecule has 0 spiro atoms. The molecule has 2 aromatic rings. The van der Waals surface area contributed by atoms with Gasteiger partial charge in [0, 0.05) is 31.9 Å². The van der Waals surface area contributed by atoms with Crippen molar-refractivity contribution in [2.45, 2.75) is 25.6 Å². The first-order valence-electron chi connectivity index (χ1n) is 10.3. The first-order chi connectivity index (χ1) is 14.8. The van der Waals surface area contributed by atoms with E-state index in [4.69, 9.17) is 0 Å². The molecule has 2 aromatic carbocycles. The summed E-state index contributed by atoms with van der Waals surface area (Å²) in [6, 6.07) is 13.2. The minimum Gasteiger partial charge on any atom is -0.367 e. The average molecular weight is 428 g/mol. The van der Waals surface area contributed by atoms with Crippen molar-refractivity contribution >= 4 is 17.3 Å². The van der Waals surface area contributed by atoms with Crippen molar-refractivity contribution in [3.05, 3.63) is 59.2 Å². The number of rotatable bonds is 3. The Morgan fingerprint density at radius 3 is 2.68 bits per heavy atom. The molecule has 0 aliphatic carbocycles. The van der Waals surface area contributed by atoms with Crippen LogP contribution in [0.5, 0.6) is 0 Å². The molecule has 2 atom stereocenters. The normalized spacial score (nSPS) is 20.5. The Morgan fingerprint density at radius 1 is 1.19 bits per heavy atom. The third-order valence-electron chi connectivity index (χ3n) is 6.09. The summed E-state index contributed by atoms with van der Waals surface area (Å²) in [7, 11) is 0. The van der Waals surface area contributed by atoms with Crippen molar-refractivity contribution in [1.82, 2.24) is 5.32 Å². The molecule has 1 amide bonds. The summed E-state index contributed by atoms with van der Waals surface area (Å²) in [6.45, 7) is 3.96. The minimum atomic E-state index is -4.42. The number of carbonyl (C=O) groups is 1. The van der Waals surface area contributed by atoms with Crippen molar-refractivity contribution in [2.75, 3.05) is 36.0 Å². The monoisotopic (exact) mass is 428 g/mol. The van der Waals surface area contributed by atoms with Crippen LogP contribution in [0.25, 0.3) is 0 Å². The van der Waals surface area contributed by atoms with Crippen LogP contribution in [-0.2, 0) is 17.4 Å². The van der Waals surface area contributed by atoms with Crippen molar-refractivity contribution in [3.63, 3.8) is 0 Å². The van der Waals surface area contributed by atoms with E-state index in [1.165, 1.54) is 12.1 Å². The van der Waals surface area contributed by atoms with E-state index in [0.29, 0.717) is 37.3 Å². The van der Waals surface area contributed by atoms with Gasteiger partial charge in [-0.15, -0.1) is 0 Å². The lowest BCUT2D eigenvalue weighted by molar-refractivity contribution is -0.137. The van der Waals surface area contributed by atoms with E-state index < -0.39 is 17.7 Å². The highest BCUT2D eigenvalue weighted by molar-refractivity contribution is 5.82. The first kappa shape index (κ1) is 21.0. The maximum Gasteiger partial charge on any atom is 0.416 e. The molecule has 0 aromatic heterocycles. The van der Waals surface area contributed by atoms with Crippen LogP contribution < -0.4 is 15.1 Å². The largest absolute Gasteiger partial charge is 0.416 e. The van der Waals surface area contributed by atoms with Gasteiger partial charge in [-0.3, -0.25) is 4.79 Å². The number of hydrogen-bond donors (Lipinski definition) is 1. The summed E-state index contributed by atoms with van der Waals surface area (Å²) in [4.78, 5) is 17.0. The van der Waals surface area contributed by atoms with Crippen molar-refractivity contribution in [2.24, 2.45) is 5.92 Å². The number of amides is 1. The molecule has 0 bridgehead atoms. The maximum atomic E-state index is 13.3. The fourth-order valence-electron chi connectivity index (χ4n) is 4.67. The summed E-state index contributed by atoms with van der Waals surface area (Å²) < 4.78 is 39.8. The summed E-state index contributed by atoms with van der Waals surface area (Å²) in [5.74, 6) is -0.635.